The number of rotatable bonds is 6. The number of amides is 2. The molecule has 0 radical (unpaired) electrons. The summed E-state index contributed by atoms with van der Waals surface area (Å²) in [7, 11) is 1.48. The number of ether oxygens (including phenoxy) is 1. The quantitative estimate of drug-likeness (QED) is 0.263. The van der Waals surface area contributed by atoms with Gasteiger partial charge in [0.2, 0.25) is 5.91 Å². The minimum absolute atomic E-state index is 0.0450. The highest BCUT2D eigenvalue weighted by atomic mass is 35.5. The maximum atomic E-state index is 13.3. The predicted octanol–water partition coefficient (Wildman–Crippen LogP) is 5.50. The van der Waals surface area contributed by atoms with Gasteiger partial charge in [-0.15, -0.1) is 0 Å². The summed E-state index contributed by atoms with van der Waals surface area (Å²) in [5, 5.41) is 14.2. The van der Waals surface area contributed by atoms with Gasteiger partial charge in [0.05, 0.1) is 23.7 Å². The second-order valence-electron chi connectivity index (χ2n) is 8.34. The van der Waals surface area contributed by atoms with Crippen molar-refractivity contribution in [3.63, 3.8) is 0 Å². The molecule has 7 nitrogen and oxygen atoms in total. The van der Waals surface area contributed by atoms with Gasteiger partial charge in [0.1, 0.15) is 11.5 Å². The standard InChI is InChI=1S/C28H25ClN2O5/c1-4-17-5-7-18(8-6-17)25-24(26(33)19-9-14-23(36-3)22(29)15-19)27(34)28(35)31(25)21-12-10-20(11-13-21)30-16(2)32/h5-15,25,33H,4H2,1-3H3,(H,30,32)/b26-24-. The van der Waals surface area contributed by atoms with Crippen LogP contribution in [0.3, 0.4) is 0 Å². The SMILES string of the molecule is CCc1ccc(C2/C(=C(/O)c3ccc(OC)c(Cl)c3)C(=O)C(=O)N2c2ccc(NC(C)=O)cc2)cc1. The fourth-order valence-corrected chi connectivity index (χ4v) is 4.49. The molecule has 1 aliphatic rings. The van der Waals surface area contributed by atoms with Crippen LogP contribution in [0.2, 0.25) is 5.02 Å². The summed E-state index contributed by atoms with van der Waals surface area (Å²) in [5.74, 6) is -1.72. The normalized spacial score (nSPS) is 16.8. The zero-order valence-electron chi connectivity index (χ0n) is 20.0. The van der Waals surface area contributed by atoms with Crippen LogP contribution in [0.1, 0.15) is 36.6 Å². The molecule has 1 fully saturated rings. The van der Waals surface area contributed by atoms with E-state index in [-0.39, 0.29) is 27.8 Å². The van der Waals surface area contributed by atoms with Gasteiger partial charge in [-0.05, 0) is 60.0 Å². The lowest BCUT2D eigenvalue weighted by Gasteiger charge is -2.26. The Kier molecular flexibility index (Phi) is 7.12. The lowest BCUT2D eigenvalue weighted by Crippen LogP contribution is -2.29. The first-order chi connectivity index (χ1) is 17.2. The van der Waals surface area contributed by atoms with Crippen molar-refractivity contribution in [3.8, 4) is 5.75 Å². The molecule has 3 aromatic rings. The molecule has 36 heavy (non-hydrogen) atoms. The summed E-state index contributed by atoms with van der Waals surface area (Å²) in [6, 6.07) is 17.9. The zero-order chi connectivity index (χ0) is 26.0. The van der Waals surface area contributed by atoms with Gasteiger partial charge in [-0.2, -0.15) is 0 Å². The Labute approximate surface area is 214 Å². The van der Waals surface area contributed by atoms with Gasteiger partial charge in [-0.3, -0.25) is 19.3 Å². The second kappa shape index (κ2) is 10.3. The monoisotopic (exact) mass is 504 g/mol. The molecule has 1 atom stereocenters. The van der Waals surface area contributed by atoms with Crippen molar-refractivity contribution in [2.75, 3.05) is 17.3 Å². The molecule has 1 aliphatic heterocycles. The lowest BCUT2D eigenvalue weighted by molar-refractivity contribution is -0.132. The first-order valence-corrected chi connectivity index (χ1v) is 11.7. The van der Waals surface area contributed by atoms with E-state index in [0.717, 1.165) is 12.0 Å². The molecule has 0 bridgehead atoms. The molecule has 8 heteroatoms. The second-order valence-corrected chi connectivity index (χ2v) is 8.75. The molecule has 0 saturated carbocycles. The molecule has 1 unspecified atom stereocenters. The Bertz CT molecular complexity index is 1360. The number of aliphatic hydroxyl groups is 1. The van der Waals surface area contributed by atoms with Gasteiger partial charge in [-0.25, -0.2) is 0 Å². The van der Waals surface area contributed by atoms with Crippen molar-refractivity contribution in [3.05, 3.63) is 94.0 Å². The molecular formula is C28H25ClN2O5. The van der Waals surface area contributed by atoms with Crippen LogP contribution in [0.4, 0.5) is 11.4 Å². The minimum atomic E-state index is -0.872. The van der Waals surface area contributed by atoms with E-state index in [4.69, 9.17) is 16.3 Å². The molecule has 1 heterocycles. The Morgan fingerprint density at radius 3 is 2.28 bits per heavy atom. The summed E-state index contributed by atoms with van der Waals surface area (Å²) in [6.45, 7) is 3.43. The molecule has 0 aliphatic carbocycles. The van der Waals surface area contributed by atoms with E-state index in [1.54, 1.807) is 36.4 Å². The van der Waals surface area contributed by atoms with E-state index < -0.39 is 17.7 Å². The first kappa shape index (κ1) is 25.0. The van der Waals surface area contributed by atoms with Crippen LogP contribution in [-0.4, -0.2) is 29.8 Å². The molecule has 0 aromatic heterocycles. The number of carbonyl (C=O) groups excluding carboxylic acids is 3. The van der Waals surface area contributed by atoms with Crippen LogP contribution in [0, 0.1) is 0 Å². The fraction of sp³-hybridized carbons (Fsp3) is 0.179. The van der Waals surface area contributed by atoms with Crippen molar-refractivity contribution in [1.29, 1.82) is 0 Å². The average Bonchev–Trinajstić information content (AvgIpc) is 3.14. The Hall–Kier alpha value is -4.10. The molecule has 3 aromatic carbocycles. The van der Waals surface area contributed by atoms with Crippen molar-refractivity contribution < 1.29 is 24.2 Å². The van der Waals surface area contributed by atoms with Crippen LogP contribution in [0.5, 0.6) is 5.75 Å². The van der Waals surface area contributed by atoms with Crippen LogP contribution < -0.4 is 15.0 Å². The van der Waals surface area contributed by atoms with Gasteiger partial charge in [0.25, 0.3) is 11.7 Å². The number of ketones is 1. The van der Waals surface area contributed by atoms with Crippen molar-refractivity contribution >= 4 is 46.3 Å². The number of aryl methyl sites for hydroxylation is 1. The number of anilines is 2. The highest BCUT2D eigenvalue weighted by molar-refractivity contribution is 6.51. The number of nitrogens with zero attached hydrogens (tertiary/aromatic N) is 1. The van der Waals surface area contributed by atoms with Crippen molar-refractivity contribution in [2.24, 2.45) is 0 Å². The smallest absolute Gasteiger partial charge is 0.300 e. The van der Waals surface area contributed by atoms with E-state index >= 15 is 0 Å². The largest absolute Gasteiger partial charge is 0.507 e. The third kappa shape index (κ3) is 4.70. The number of Topliss-reactive ketones (excluding diaryl/α,β-unsaturated/α-hetero) is 1. The summed E-state index contributed by atoms with van der Waals surface area (Å²) in [4.78, 5) is 39.4. The van der Waals surface area contributed by atoms with E-state index in [9.17, 15) is 19.5 Å². The highest BCUT2D eigenvalue weighted by Crippen LogP contribution is 2.43. The van der Waals surface area contributed by atoms with Gasteiger partial charge in [0.15, 0.2) is 0 Å². The first-order valence-electron chi connectivity index (χ1n) is 11.4. The number of aliphatic hydroxyl groups excluding tert-OH is 1. The number of methoxy groups -OCH3 is 1. The van der Waals surface area contributed by atoms with E-state index in [1.807, 2.05) is 31.2 Å². The van der Waals surface area contributed by atoms with E-state index in [2.05, 4.69) is 5.32 Å². The summed E-state index contributed by atoms with van der Waals surface area (Å²) in [5.41, 5.74) is 3.00. The highest BCUT2D eigenvalue weighted by Gasteiger charge is 2.47. The number of nitrogens with one attached hydrogen (secondary N) is 1. The maximum Gasteiger partial charge on any atom is 0.300 e. The average molecular weight is 505 g/mol. The van der Waals surface area contributed by atoms with Gasteiger partial charge < -0.3 is 15.2 Å². The Balaban J connectivity index is 1.87. The summed E-state index contributed by atoms with van der Waals surface area (Å²) < 4.78 is 5.18. The number of benzene rings is 3. The van der Waals surface area contributed by atoms with Crippen LogP contribution in [0.25, 0.3) is 5.76 Å². The predicted molar refractivity (Wildman–Crippen MR) is 139 cm³/mol. The molecule has 1 saturated heterocycles. The van der Waals surface area contributed by atoms with E-state index in [0.29, 0.717) is 22.7 Å². The van der Waals surface area contributed by atoms with Gasteiger partial charge >= 0.3 is 0 Å². The Morgan fingerprint density at radius 2 is 1.72 bits per heavy atom. The number of halogens is 1. The van der Waals surface area contributed by atoms with Crippen LogP contribution in [-0.2, 0) is 20.8 Å². The number of hydrogen-bond donors (Lipinski definition) is 2. The number of carbonyl (C=O) groups is 3. The third-order valence-electron chi connectivity index (χ3n) is 6.04. The maximum absolute atomic E-state index is 13.3. The van der Waals surface area contributed by atoms with Gasteiger partial charge in [-0.1, -0.05) is 42.8 Å². The minimum Gasteiger partial charge on any atom is -0.507 e. The summed E-state index contributed by atoms with van der Waals surface area (Å²) in [6.07, 6.45) is 0.829. The third-order valence-corrected chi connectivity index (χ3v) is 6.33. The zero-order valence-corrected chi connectivity index (χ0v) is 20.8. The van der Waals surface area contributed by atoms with Crippen molar-refractivity contribution in [1.82, 2.24) is 0 Å². The molecule has 2 amide bonds. The molecular weight excluding hydrogens is 480 g/mol. The lowest BCUT2D eigenvalue weighted by atomic mass is 9.94. The number of hydrogen-bond acceptors (Lipinski definition) is 5. The Morgan fingerprint density at radius 1 is 1.06 bits per heavy atom. The van der Waals surface area contributed by atoms with Crippen molar-refractivity contribution in [2.45, 2.75) is 26.3 Å². The molecule has 184 valence electrons. The fourth-order valence-electron chi connectivity index (χ4n) is 4.23. The molecule has 2 N–H and O–H groups in total. The molecule has 0 spiro atoms. The van der Waals surface area contributed by atoms with Crippen LogP contribution in [0.15, 0.2) is 72.3 Å². The summed E-state index contributed by atoms with van der Waals surface area (Å²) >= 11 is 6.26. The van der Waals surface area contributed by atoms with E-state index in [1.165, 1.54) is 25.0 Å². The topological polar surface area (TPSA) is 95.9 Å². The molecule has 4 rings (SSSR count). The van der Waals surface area contributed by atoms with Gasteiger partial charge in [0, 0.05) is 23.9 Å². The van der Waals surface area contributed by atoms with Crippen LogP contribution >= 0.6 is 11.6 Å².